The first-order valence-electron chi connectivity index (χ1n) is 19.9. The van der Waals surface area contributed by atoms with E-state index in [1.807, 2.05) is 48.7 Å². The van der Waals surface area contributed by atoms with Gasteiger partial charge in [0.2, 0.25) is 0 Å². The number of hydrogen-bond donors (Lipinski definition) is 2. The van der Waals surface area contributed by atoms with Crippen LogP contribution in [-0.4, -0.2) is 147 Å². The van der Waals surface area contributed by atoms with Crippen LogP contribution in [0.4, 0.5) is 4.79 Å². The van der Waals surface area contributed by atoms with Crippen LogP contribution in [0.15, 0.2) is 0 Å². The van der Waals surface area contributed by atoms with Crippen molar-refractivity contribution in [3.8, 4) is 0 Å². The van der Waals surface area contributed by atoms with Crippen LogP contribution in [0.5, 0.6) is 0 Å². The minimum Gasteiger partial charge on any atom is -0.458 e. The van der Waals surface area contributed by atoms with E-state index in [1.165, 1.54) is 7.11 Å². The van der Waals surface area contributed by atoms with Gasteiger partial charge in [-0.1, -0.05) is 27.7 Å². The summed E-state index contributed by atoms with van der Waals surface area (Å²) in [6, 6.07) is -0.821. The second-order valence-electron chi connectivity index (χ2n) is 17.4. The number of methoxy groups -OCH3 is 3. The molecule has 0 aromatic carbocycles. The van der Waals surface area contributed by atoms with E-state index in [4.69, 9.17) is 42.6 Å². The quantitative estimate of drug-likeness (QED) is 0.323. The fraction of sp³-hybridized carbons (Fsp3) is 0.925. The number of alkyl carbamates (subject to hydrolysis) is 1. The molecule has 15 heteroatoms. The molecule has 4 aliphatic heterocycles. The van der Waals surface area contributed by atoms with Crippen LogP contribution in [0.25, 0.3) is 0 Å². The van der Waals surface area contributed by atoms with Crippen molar-refractivity contribution >= 4 is 17.8 Å². The van der Waals surface area contributed by atoms with Gasteiger partial charge in [-0.15, -0.1) is 0 Å². The van der Waals surface area contributed by atoms with Gasteiger partial charge in [-0.25, -0.2) is 4.79 Å². The molecule has 0 aromatic heterocycles. The van der Waals surface area contributed by atoms with Crippen LogP contribution in [-0.2, 0) is 52.2 Å². The first kappa shape index (κ1) is 45.7. The van der Waals surface area contributed by atoms with E-state index >= 15 is 0 Å². The average molecular weight is 787 g/mol. The van der Waals surface area contributed by atoms with Crippen molar-refractivity contribution in [3.05, 3.63) is 0 Å². The number of amides is 1. The standard InChI is InChI=1S/C40H70N2O13/c1-16-27-40(10)32(41-37(46)55-40)22(4)29(43)20(2)18-39(9,49-15)34(54-36-31(47-13)26(42(11)12)17-21(3)50-36)23(5)30(24(6)35(45)52-27)53-28-19-38(8,48-14)33(44)25(7)51-28/h20-28,30-34,36,44H,16-19H2,1-15H3,(H,41,46)/t20-,21-,22+,23+,24-,25+,26+,27-,28+,30+,31-,32-,33+,34-,36+,38-,39+,40-/m1/s1. The minimum atomic E-state index is -1.34. The molecule has 4 aliphatic rings. The zero-order chi connectivity index (χ0) is 41.4. The van der Waals surface area contributed by atoms with Crippen LogP contribution in [0.3, 0.4) is 0 Å². The van der Waals surface area contributed by atoms with Gasteiger partial charge in [-0.3, -0.25) is 9.59 Å². The highest BCUT2D eigenvalue weighted by atomic mass is 16.7. The van der Waals surface area contributed by atoms with Gasteiger partial charge in [-0.2, -0.15) is 0 Å². The van der Waals surface area contributed by atoms with Gasteiger partial charge < -0.3 is 58.0 Å². The monoisotopic (exact) mass is 786 g/mol. The van der Waals surface area contributed by atoms with E-state index in [0.717, 1.165) is 0 Å². The van der Waals surface area contributed by atoms with Crippen molar-refractivity contribution < 1.29 is 62.1 Å². The Labute approximate surface area is 328 Å². The van der Waals surface area contributed by atoms with E-state index in [1.54, 1.807) is 48.8 Å². The number of aliphatic hydroxyl groups excluding tert-OH is 1. The SMILES string of the molecule is CC[C@H]1OC(=O)[C@H](C)[C@@H](O[C@H]2C[C@@](C)(OC)[C@@H](O)[C@H](C)O2)[C@H](C)[C@@H](O[C@@H]2O[C@H](C)C[C@H](N(C)C)[C@H]2OC)[C@@](C)(OC)C[C@@H](C)C(=O)[C@H](C)[C@H]2NC(=O)O[C@@]21C. The Kier molecular flexibility index (Phi) is 14.9. The number of Topliss-reactive ketones (excluding diaryl/α,β-unsaturated/α-hetero) is 1. The molecule has 4 rings (SSSR count). The molecule has 15 nitrogen and oxygen atoms in total. The number of cyclic esters (lactones) is 1. The molecule has 4 heterocycles. The number of carbonyl (C=O) groups excluding carboxylic acids is 3. The molecule has 0 spiro atoms. The van der Waals surface area contributed by atoms with E-state index in [2.05, 4.69) is 10.2 Å². The Morgan fingerprint density at radius 3 is 2.07 bits per heavy atom. The molecule has 2 N–H and O–H groups in total. The highest BCUT2D eigenvalue weighted by molar-refractivity contribution is 5.85. The highest BCUT2D eigenvalue weighted by Gasteiger charge is 2.58. The summed E-state index contributed by atoms with van der Waals surface area (Å²) in [5, 5.41) is 13.9. The van der Waals surface area contributed by atoms with Crippen molar-refractivity contribution in [2.75, 3.05) is 35.4 Å². The molecule has 0 bridgehead atoms. The molecule has 318 valence electrons. The maximum atomic E-state index is 14.5. The third-order valence-electron chi connectivity index (χ3n) is 13.1. The summed E-state index contributed by atoms with van der Waals surface area (Å²) in [6.07, 6.45) is -5.99. The lowest BCUT2D eigenvalue weighted by atomic mass is 9.73. The molecule has 0 unspecified atom stereocenters. The number of aliphatic hydroxyl groups is 1. The van der Waals surface area contributed by atoms with Gasteiger partial charge in [0.15, 0.2) is 18.2 Å². The lowest BCUT2D eigenvalue weighted by Gasteiger charge is -2.50. The second-order valence-corrected chi connectivity index (χ2v) is 17.4. The molecule has 0 aromatic rings. The third-order valence-corrected chi connectivity index (χ3v) is 13.1. The van der Waals surface area contributed by atoms with E-state index in [9.17, 15) is 19.5 Å². The summed E-state index contributed by atoms with van der Waals surface area (Å²) in [5.74, 6) is -3.57. The highest BCUT2D eigenvalue weighted by Crippen LogP contribution is 2.43. The van der Waals surface area contributed by atoms with Crippen molar-refractivity contribution in [1.82, 2.24) is 10.2 Å². The minimum absolute atomic E-state index is 0.0388. The summed E-state index contributed by atoms with van der Waals surface area (Å²) in [6.45, 7) is 18.2. The number of nitrogens with zero attached hydrogens (tertiary/aromatic N) is 1. The Morgan fingerprint density at radius 2 is 1.51 bits per heavy atom. The predicted octanol–water partition coefficient (Wildman–Crippen LogP) is 3.85. The lowest BCUT2D eigenvalue weighted by Crippen LogP contribution is -2.62. The Morgan fingerprint density at radius 1 is 0.873 bits per heavy atom. The number of carbonyl (C=O) groups is 3. The Bertz CT molecular complexity index is 1340. The Hall–Kier alpha value is -1.95. The molecule has 4 fully saturated rings. The summed E-state index contributed by atoms with van der Waals surface area (Å²) >= 11 is 0. The molecular formula is C40H70N2O13. The van der Waals surface area contributed by atoms with Gasteiger partial charge in [0, 0.05) is 51.5 Å². The van der Waals surface area contributed by atoms with Gasteiger partial charge in [0.05, 0.1) is 47.6 Å². The summed E-state index contributed by atoms with van der Waals surface area (Å²) in [4.78, 5) is 43.8. The van der Waals surface area contributed by atoms with Crippen LogP contribution < -0.4 is 5.32 Å². The predicted molar refractivity (Wildman–Crippen MR) is 201 cm³/mol. The first-order valence-corrected chi connectivity index (χ1v) is 19.9. The van der Waals surface area contributed by atoms with Crippen molar-refractivity contribution in [2.24, 2.45) is 23.7 Å². The molecule has 18 atom stereocenters. The fourth-order valence-corrected chi connectivity index (χ4v) is 9.58. The Balaban J connectivity index is 1.89. The van der Waals surface area contributed by atoms with Gasteiger partial charge in [0.1, 0.15) is 24.1 Å². The summed E-state index contributed by atoms with van der Waals surface area (Å²) in [5.41, 5.74) is -3.51. The van der Waals surface area contributed by atoms with Crippen LogP contribution in [0.2, 0.25) is 0 Å². The van der Waals surface area contributed by atoms with E-state index < -0.39 is 108 Å². The maximum Gasteiger partial charge on any atom is 0.408 e. The van der Waals surface area contributed by atoms with Crippen molar-refractivity contribution in [3.63, 3.8) is 0 Å². The molecule has 1 amide bonds. The largest absolute Gasteiger partial charge is 0.458 e. The number of hydrogen-bond acceptors (Lipinski definition) is 14. The topological polar surface area (TPSA) is 170 Å². The smallest absolute Gasteiger partial charge is 0.408 e. The van der Waals surface area contributed by atoms with Gasteiger partial charge in [-0.05, 0) is 74.9 Å². The third kappa shape index (κ3) is 9.20. The molecule has 4 saturated heterocycles. The zero-order valence-electron chi connectivity index (χ0n) is 35.8. The number of rotatable bonds is 9. The van der Waals surface area contributed by atoms with E-state index in [0.29, 0.717) is 12.8 Å². The number of nitrogens with one attached hydrogen (secondary N) is 1. The molecule has 0 aliphatic carbocycles. The van der Waals surface area contributed by atoms with E-state index in [-0.39, 0.29) is 30.8 Å². The summed E-state index contributed by atoms with van der Waals surface area (Å²) in [7, 11) is 8.71. The molecular weight excluding hydrogens is 716 g/mol. The fourth-order valence-electron chi connectivity index (χ4n) is 9.58. The van der Waals surface area contributed by atoms with Crippen LogP contribution >= 0.6 is 0 Å². The number of ketones is 1. The van der Waals surface area contributed by atoms with Crippen LogP contribution in [0.1, 0.15) is 94.9 Å². The summed E-state index contributed by atoms with van der Waals surface area (Å²) < 4.78 is 57.0. The molecule has 55 heavy (non-hydrogen) atoms. The number of ether oxygens (including phenoxy) is 9. The molecule has 0 radical (unpaired) electrons. The van der Waals surface area contributed by atoms with Crippen molar-refractivity contribution in [1.29, 1.82) is 0 Å². The average Bonchev–Trinajstić information content (AvgIpc) is 3.45. The van der Waals surface area contributed by atoms with Gasteiger partial charge in [0.25, 0.3) is 0 Å². The zero-order valence-corrected chi connectivity index (χ0v) is 35.8. The maximum absolute atomic E-state index is 14.5. The molecule has 0 saturated carbocycles. The van der Waals surface area contributed by atoms with Gasteiger partial charge >= 0.3 is 12.1 Å². The van der Waals surface area contributed by atoms with Crippen molar-refractivity contribution in [2.45, 2.75) is 179 Å². The lowest BCUT2D eigenvalue weighted by molar-refractivity contribution is -0.321. The normalized spacial score (nSPS) is 47.7. The number of fused-ring (bicyclic) bond motifs is 1. The second kappa shape index (κ2) is 17.9. The first-order chi connectivity index (χ1) is 25.6. The number of likely N-dealkylation sites (N-methyl/N-ethyl adjacent to an activating group) is 1. The van der Waals surface area contributed by atoms with Crippen LogP contribution in [0, 0.1) is 23.7 Å². The number of esters is 1.